The first-order chi connectivity index (χ1) is 29.2. The molecule has 0 radical (unpaired) electrons. The molecule has 0 heterocycles. The number of ether oxygens (including phenoxy) is 2. The third kappa shape index (κ3) is 38.9. The third-order valence-electron chi connectivity index (χ3n) is 11.5. The number of carbonyl (C=O) groups is 2. The first-order valence-corrected chi connectivity index (χ1v) is 26.8. The standard InChI is InChI=1S/C49H96N2O8P.ClH/c1-7-12-14-16-18-20-22-24-26-28-30-32-34-36-48(52)55-45-47(59-49(53)37-35-33-31-29-27-25-23-21-19-17-15-13-8-2)46-58-60(54,56-43-38-50-6)57-44-42-51(39-9-3,40-10-4)41-11-5;/h47H,7-46H2,1-5H3;1H/q+1;/p-1. The van der Waals surface area contributed by atoms with E-state index < -0.39 is 19.9 Å². The lowest BCUT2D eigenvalue weighted by molar-refractivity contribution is -0.928. The van der Waals surface area contributed by atoms with Gasteiger partial charge < -0.3 is 31.2 Å². The fourth-order valence-corrected chi connectivity index (χ4v) is 9.30. The Hall–Kier alpha value is -1.21. The molecule has 0 bridgehead atoms. The molecule has 2 atom stereocenters. The summed E-state index contributed by atoms with van der Waals surface area (Å²) in [6.07, 6.45) is 34.4. The van der Waals surface area contributed by atoms with Crippen molar-refractivity contribution in [2.45, 2.75) is 240 Å². The number of hydrogen-bond donors (Lipinski definition) is 0. The van der Waals surface area contributed by atoms with Gasteiger partial charge in [0.05, 0.1) is 26.2 Å². The molecule has 12 heteroatoms. The number of hydrogen-bond acceptors (Lipinski definition) is 8. The summed E-state index contributed by atoms with van der Waals surface area (Å²) in [6.45, 7) is 21.4. The molecule has 0 saturated heterocycles. The highest BCUT2D eigenvalue weighted by atomic mass is 35.5. The van der Waals surface area contributed by atoms with E-state index in [0.29, 0.717) is 13.0 Å². The Labute approximate surface area is 382 Å². The first kappa shape index (κ1) is 61.9. The van der Waals surface area contributed by atoms with Gasteiger partial charge in [0.1, 0.15) is 26.4 Å². The highest BCUT2D eigenvalue weighted by Crippen LogP contribution is 2.49. The van der Waals surface area contributed by atoms with Crippen molar-refractivity contribution in [2.75, 3.05) is 59.2 Å². The second-order valence-electron chi connectivity index (χ2n) is 17.3. The van der Waals surface area contributed by atoms with Gasteiger partial charge in [-0.15, -0.1) is 0 Å². The number of unbranched alkanes of at least 4 members (excludes halogenated alkanes) is 24. The summed E-state index contributed by atoms with van der Waals surface area (Å²) >= 11 is 0. The molecule has 61 heavy (non-hydrogen) atoms. The number of phosphoric acid groups is 1. The van der Waals surface area contributed by atoms with Crippen LogP contribution in [-0.4, -0.2) is 81.7 Å². The minimum atomic E-state index is -4.12. The number of quaternary nitrogens is 1. The maximum atomic E-state index is 13.9. The summed E-state index contributed by atoms with van der Waals surface area (Å²) < 4.78 is 43.4. The van der Waals surface area contributed by atoms with Gasteiger partial charge in [-0.1, -0.05) is 189 Å². The van der Waals surface area contributed by atoms with Crippen molar-refractivity contribution in [1.29, 1.82) is 0 Å². The molecule has 0 amide bonds. The monoisotopic (exact) mass is 907 g/mol. The fraction of sp³-hybridized carbons (Fsp3) is 0.939. The highest BCUT2D eigenvalue weighted by Gasteiger charge is 2.33. The van der Waals surface area contributed by atoms with Gasteiger partial charge in [0.15, 0.2) is 6.10 Å². The van der Waals surface area contributed by atoms with Crippen LogP contribution in [0.15, 0.2) is 0 Å². The Kier molecular flexibility index (Phi) is 46.0. The van der Waals surface area contributed by atoms with Gasteiger partial charge in [0, 0.05) is 12.8 Å². The normalized spacial score (nSPS) is 13.0. The van der Waals surface area contributed by atoms with Gasteiger partial charge in [0.2, 0.25) is 6.54 Å². The van der Waals surface area contributed by atoms with Crippen molar-refractivity contribution >= 4 is 19.8 Å². The zero-order valence-corrected chi connectivity index (χ0v) is 42.0. The number of esters is 2. The Bertz CT molecular complexity index is 1060. The van der Waals surface area contributed by atoms with E-state index in [2.05, 4.69) is 39.5 Å². The largest absolute Gasteiger partial charge is 1.00 e. The van der Waals surface area contributed by atoms with Crippen LogP contribution in [0.5, 0.6) is 0 Å². The van der Waals surface area contributed by atoms with E-state index >= 15 is 0 Å². The van der Waals surface area contributed by atoms with Crippen LogP contribution < -0.4 is 12.4 Å². The SMILES string of the molecule is [C-]#[N+]CCOP(=O)(OCC[N+](CCC)(CCC)CCC)OCC(COC(=O)CCCCCCCCCCCCCCC)OC(=O)CCCCCCCCCCCCCCC.[Cl-]. The van der Waals surface area contributed by atoms with Crippen LogP contribution in [0.2, 0.25) is 0 Å². The van der Waals surface area contributed by atoms with E-state index in [0.717, 1.165) is 81.9 Å². The summed E-state index contributed by atoms with van der Waals surface area (Å²) in [5.41, 5.74) is 0. The molecule has 0 fully saturated rings. The van der Waals surface area contributed by atoms with Crippen molar-refractivity contribution in [3.05, 3.63) is 11.4 Å². The highest BCUT2D eigenvalue weighted by molar-refractivity contribution is 7.48. The molecule has 362 valence electrons. The quantitative estimate of drug-likeness (QED) is 0.0196. The van der Waals surface area contributed by atoms with E-state index in [9.17, 15) is 14.2 Å². The molecule has 0 aliphatic heterocycles. The van der Waals surface area contributed by atoms with Crippen molar-refractivity contribution in [3.8, 4) is 0 Å². The average Bonchev–Trinajstić information content (AvgIpc) is 3.22. The number of halogens is 1. The number of carbonyl (C=O) groups excluding carboxylic acids is 2. The van der Waals surface area contributed by atoms with Gasteiger partial charge in [-0.25, -0.2) is 11.1 Å². The molecular weight excluding hydrogens is 811 g/mol. The number of nitrogens with zero attached hydrogens (tertiary/aromatic N) is 2. The summed E-state index contributed by atoms with van der Waals surface area (Å²) in [7, 11) is -4.12. The third-order valence-corrected chi connectivity index (χ3v) is 12.9. The molecule has 0 aliphatic rings. The van der Waals surface area contributed by atoms with Crippen LogP contribution in [0.4, 0.5) is 0 Å². The Morgan fingerprint density at radius 3 is 1.26 bits per heavy atom. The predicted molar refractivity (Wildman–Crippen MR) is 249 cm³/mol. The first-order valence-electron chi connectivity index (χ1n) is 25.3. The topological polar surface area (TPSA) is 102 Å². The van der Waals surface area contributed by atoms with Crippen LogP contribution in [0, 0.1) is 6.57 Å². The van der Waals surface area contributed by atoms with Crippen molar-refractivity contribution < 1.29 is 54.1 Å². The van der Waals surface area contributed by atoms with Crippen LogP contribution in [0.25, 0.3) is 4.85 Å². The number of rotatable bonds is 47. The van der Waals surface area contributed by atoms with Gasteiger partial charge in [-0.3, -0.25) is 23.2 Å². The van der Waals surface area contributed by atoms with Crippen molar-refractivity contribution in [2.24, 2.45) is 0 Å². The zero-order valence-electron chi connectivity index (χ0n) is 40.3. The summed E-state index contributed by atoms with van der Waals surface area (Å²) in [5.74, 6) is -0.745. The summed E-state index contributed by atoms with van der Waals surface area (Å²) in [6, 6.07) is 0. The molecule has 0 aromatic rings. The molecule has 0 aromatic carbocycles. The summed E-state index contributed by atoms with van der Waals surface area (Å²) in [4.78, 5) is 29.1. The molecule has 0 rings (SSSR count). The Morgan fingerprint density at radius 2 is 0.869 bits per heavy atom. The predicted octanol–water partition coefficient (Wildman–Crippen LogP) is 11.5. The fourth-order valence-electron chi connectivity index (χ4n) is 8.12. The lowest BCUT2D eigenvalue weighted by Crippen LogP contribution is -3.00. The van der Waals surface area contributed by atoms with Crippen molar-refractivity contribution in [3.63, 3.8) is 0 Å². The lowest BCUT2D eigenvalue weighted by Gasteiger charge is -2.38. The maximum Gasteiger partial charge on any atom is 0.475 e. The molecule has 0 aromatic heterocycles. The zero-order chi connectivity index (χ0) is 44.3. The second-order valence-corrected chi connectivity index (χ2v) is 19.0. The van der Waals surface area contributed by atoms with E-state index in [1.165, 1.54) is 128 Å². The molecular formula is C49H96ClN2O8P. The second kappa shape index (κ2) is 45.4. The molecule has 0 N–H and O–H groups in total. The minimum Gasteiger partial charge on any atom is -1.00 e. The van der Waals surface area contributed by atoms with Gasteiger partial charge in [0.25, 0.3) is 0 Å². The molecule has 2 unspecified atom stereocenters. The van der Waals surface area contributed by atoms with Crippen LogP contribution in [0.3, 0.4) is 0 Å². The van der Waals surface area contributed by atoms with Crippen LogP contribution >= 0.6 is 7.82 Å². The van der Waals surface area contributed by atoms with E-state index in [1.54, 1.807) is 0 Å². The minimum absolute atomic E-state index is 0. The smallest absolute Gasteiger partial charge is 0.475 e. The molecule has 10 nitrogen and oxygen atoms in total. The van der Waals surface area contributed by atoms with E-state index in [-0.39, 0.29) is 57.8 Å². The average molecular weight is 908 g/mol. The van der Waals surface area contributed by atoms with Gasteiger partial charge in [-0.2, -0.15) is 0 Å². The summed E-state index contributed by atoms with van der Waals surface area (Å²) in [5, 5.41) is 0. The van der Waals surface area contributed by atoms with Gasteiger partial charge in [-0.05, 0) is 32.1 Å². The van der Waals surface area contributed by atoms with E-state index in [4.69, 9.17) is 29.6 Å². The lowest BCUT2D eigenvalue weighted by atomic mass is 10.0. The molecule has 0 aliphatic carbocycles. The van der Waals surface area contributed by atoms with Gasteiger partial charge >= 0.3 is 19.8 Å². The Balaban J connectivity index is 0. The Morgan fingerprint density at radius 1 is 0.492 bits per heavy atom. The van der Waals surface area contributed by atoms with Crippen molar-refractivity contribution in [1.82, 2.24) is 0 Å². The van der Waals surface area contributed by atoms with E-state index in [1.807, 2.05) is 0 Å². The van der Waals surface area contributed by atoms with Crippen LogP contribution in [0.1, 0.15) is 234 Å². The maximum absolute atomic E-state index is 13.9. The molecule has 0 saturated carbocycles. The number of phosphoric ester groups is 1. The van der Waals surface area contributed by atoms with Crippen LogP contribution in [-0.2, 0) is 37.2 Å². The molecule has 0 spiro atoms.